The molecule has 132 valence electrons. The third kappa shape index (κ3) is 3.06. The molecule has 7 nitrogen and oxygen atoms in total. The molecule has 2 unspecified atom stereocenters. The van der Waals surface area contributed by atoms with Crippen molar-refractivity contribution < 1.29 is 24.7 Å². The van der Waals surface area contributed by atoms with Gasteiger partial charge in [-0.15, -0.1) is 6.42 Å². The molecule has 0 bridgehead atoms. The number of rotatable bonds is 4. The summed E-state index contributed by atoms with van der Waals surface area (Å²) in [6.07, 6.45) is 4.77. The molecule has 1 fully saturated rings. The maximum absolute atomic E-state index is 12.0. The molecule has 0 spiro atoms. The van der Waals surface area contributed by atoms with E-state index < -0.39 is 39.7 Å². The second-order valence-corrected chi connectivity index (χ2v) is 6.52. The fourth-order valence-electron chi connectivity index (χ4n) is 3.55. The molecular formula is C18H19NO6. The van der Waals surface area contributed by atoms with Crippen molar-refractivity contribution in [3.8, 4) is 12.3 Å². The van der Waals surface area contributed by atoms with Crippen LogP contribution in [0, 0.1) is 22.5 Å². The third-order valence-electron chi connectivity index (χ3n) is 5.00. The average Bonchev–Trinajstić information content (AvgIpc) is 2.53. The van der Waals surface area contributed by atoms with E-state index in [4.69, 9.17) is 6.42 Å². The van der Waals surface area contributed by atoms with Crippen molar-refractivity contribution in [2.75, 3.05) is 0 Å². The van der Waals surface area contributed by atoms with E-state index in [1.807, 2.05) is 0 Å². The van der Waals surface area contributed by atoms with E-state index in [0.29, 0.717) is 11.1 Å². The van der Waals surface area contributed by atoms with Crippen LogP contribution in [0.15, 0.2) is 24.3 Å². The Morgan fingerprint density at radius 1 is 1.16 bits per heavy atom. The Balaban J connectivity index is 2.57. The molecule has 1 aromatic carbocycles. The summed E-state index contributed by atoms with van der Waals surface area (Å²) >= 11 is 0. The van der Waals surface area contributed by atoms with Crippen LogP contribution < -0.4 is 0 Å². The van der Waals surface area contributed by atoms with E-state index in [9.17, 15) is 29.9 Å². The number of benzene rings is 1. The first-order chi connectivity index (χ1) is 11.6. The summed E-state index contributed by atoms with van der Waals surface area (Å²) in [4.78, 5) is 34.6. The number of Topliss-reactive ketones (excluding diaryl/α,β-unsaturated/α-hetero) is 2. The fourth-order valence-corrected chi connectivity index (χ4v) is 3.55. The number of ketones is 2. The standard InChI is InChI=1S/C18H19NO6/c1-4-13-5-7-14(8-6-13)15-9-17(22,11(2)20)16(19(24)25)18(23,10-15)12(3)21/h1,5-8,15-16,22-23H,9-10H2,2-3H3/t15?,16?,17-,18+. The summed E-state index contributed by atoms with van der Waals surface area (Å²) < 4.78 is 0. The number of aliphatic hydroxyl groups is 2. The van der Waals surface area contributed by atoms with Gasteiger partial charge in [-0.1, -0.05) is 18.1 Å². The lowest BCUT2D eigenvalue weighted by molar-refractivity contribution is -0.564. The highest BCUT2D eigenvalue weighted by Crippen LogP contribution is 2.46. The molecule has 4 atom stereocenters. The van der Waals surface area contributed by atoms with Gasteiger partial charge in [-0.25, -0.2) is 0 Å². The highest BCUT2D eigenvalue weighted by Gasteiger charge is 2.67. The molecule has 0 aliphatic heterocycles. The number of carbonyl (C=O) groups excluding carboxylic acids is 2. The number of hydrogen-bond acceptors (Lipinski definition) is 6. The third-order valence-corrected chi connectivity index (χ3v) is 5.00. The minimum atomic E-state index is -2.45. The Hall–Kier alpha value is -2.56. The molecule has 0 heterocycles. The summed E-state index contributed by atoms with van der Waals surface area (Å²) in [5.41, 5.74) is -3.65. The number of terminal acetylenes is 1. The van der Waals surface area contributed by atoms with Gasteiger partial charge in [-0.3, -0.25) is 19.7 Å². The van der Waals surface area contributed by atoms with Gasteiger partial charge in [0.25, 0.3) is 6.04 Å². The van der Waals surface area contributed by atoms with E-state index in [1.54, 1.807) is 24.3 Å². The summed E-state index contributed by atoms with van der Waals surface area (Å²) in [6.45, 7) is 2.03. The number of carbonyl (C=O) groups is 2. The molecule has 0 saturated heterocycles. The highest BCUT2D eigenvalue weighted by molar-refractivity contribution is 5.91. The monoisotopic (exact) mass is 345 g/mol. The fraction of sp³-hybridized carbons (Fsp3) is 0.444. The number of nitro groups is 1. The van der Waals surface area contributed by atoms with Crippen molar-refractivity contribution in [3.05, 3.63) is 45.5 Å². The molecule has 1 saturated carbocycles. The zero-order chi connectivity index (χ0) is 19.0. The lowest BCUT2D eigenvalue weighted by Gasteiger charge is -2.45. The molecule has 2 N–H and O–H groups in total. The second-order valence-electron chi connectivity index (χ2n) is 6.52. The highest BCUT2D eigenvalue weighted by atomic mass is 16.6. The summed E-state index contributed by atoms with van der Waals surface area (Å²) in [7, 11) is 0. The maximum Gasteiger partial charge on any atom is 0.283 e. The van der Waals surface area contributed by atoms with Crippen LogP contribution in [0.25, 0.3) is 0 Å². The van der Waals surface area contributed by atoms with Crippen LogP contribution in [0.5, 0.6) is 0 Å². The van der Waals surface area contributed by atoms with Crippen molar-refractivity contribution >= 4 is 11.6 Å². The molecular weight excluding hydrogens is 326 g/mol. The van der Waals surface area contributed by atoms with Crippen LogP contribution in [0.2, 0.25) is 0 Å². The van der Waals surface area contributed by atoms with Crippen LogP contribution in [0.1, 0.15) is 43.7 Å². The van der Waals surface area contributed by atoms with Crippen molar-refractivity contribution in [2.45, 2.75) is 49.9 Å². The van der Waals surface area contributed by atoms with Gasteiger partial charge in [0.2, 0.25) is 0 Å². The molecule has 1 aromatic rings. The minimum Gasteiger partial charge on any atom is -0.376 e. The van der Waals surface area contributed by atoms with Crippen LogP contribution in [-0.4, -0.2) is 43.9 Å². The van der Waals surface area contributed by atoms with Crippen LogP contribution in [-0.2, 0) is 9.59 Å². The first-order valence-corrected chi connectivity index (χ1v) is 7.73. The normalized spacial score (nSPS) is 31.8. The Kier molecular flexibility index (Phi) is 4.80. The Bertz CT molecular complexity index is 735. The Morgan fingerprint density at radius 3 is 1.92 bits per heavy atom. The summed E-state index contributed by atoms with van der Waals surface area (Å²) in [6, 6.07) is 4.50. The van der Waals surface area contributed by atoms with Crippen LogP contribution in [0.4, 0.5) is 0 Å². The van der Waals surface area contributed by atoms with Gasteiger partial charge in [0, 0.05) is 10.5 Å². The van der Waals surface area contributed by atoms with E-state index in [-0.39, 0.29) is 12.8 Å². The van der Waals surface area contributed by atoms with E-state index in [1.165, 1.54) is 0 Å². The van der Waals surface area contributed by atoms with Crippen molar-refractivity contribution in [1.29, 1.82) is 0 Å². The van der Waals surface area contributed by atoms with Crippen LogP contribution >= 0.6 is 0 Å². The number of nitrogens with zero attached hydrogens (tertiary/aromatic N) is 1. The van der Waals surface area contributed by atoms with E-state index in [0.717, 1.165) is 13.8 Å². The van der Waals surface area contributed by atoms with Crippen molar-refractivity contribution in [1.82, 2.24) is 0 Å². The Morgan fingerprint density at radius 2 is 1.60 bits per heavy atom. The van der Waals surface area contributed by atoms with Crippen LogP contribution in [0.3, 0.4) is 0 Å². The molecule has 0 aromatic heterocycles. The SMILES string of the molecule is C#Cc1ccc(C2C[C@@](O)(C(C)=O)C([N+](=O)[O-])[C@@](O)(C(C)=O)C2)cc1. The van der Waals surface area contributed by atoms with E-state index >= 15 is 0 Å². The smallest absolute Gasteiger partial charge is 0.283 e. The van der Waals surface area contributed by atoms with Gasteiger partial charge < -0.3 is 10.2 Å². The Labute approximate surface area is 144 Å². The van der Waals surface area contributed by atoms with E-state index in [2.05, 4.69) is 5.92 Å². The lowest BCUT2D eigenvalue weighted by atomic mass is 9.62. The van der Waals surface area contributed by atoms with Gasteiger partial charge in [-0.2, -0.15) is 0 Å². The minimum absolute atomic E-state index is 0.265. The maximum atomic E-state index is 12.0. The molecule has 1 aliphatic rings. The first-order valence-electron chi connectivity index (χ1n) is 7.73. The van der Waals surface area contributed by atoms with Gasteiger partial charge in [0.1, 0.15) is 0 Å². The van der Waals surface area contributed by atoms with Gasteiger partial charge in [-0.05, 0) is 50.3 Å². The molecule has 25 heavy (non-hydrogen) atoms. The van der Waals surface area contributed by atoms with Crippen molar-refractivity contribution in [2.24, 2.45) is 0 Å². The average molecular weight is 345 g/mol. The van der Waals surface area contributed by atoms with Gasteiger partial charge in [0.15, 0.2) is 22.8 Å². The first kappa shape index (κ1) is 18.8. The molecule has 0 radical (unpaired) electrons. The van der Waals surface area contributed by atoms with Gasteiger partial charge in [0.05, 0.1) is 0 Å². The molecule has 1 aliphatic carbocycles. The summed E-state index contributed by atoms with van der Waals surface area (Å²) in [5, 5.41) is 33.0. The predicted molar refractivity (Wildman–Crippen MR) is 88.4 cm³/mol. The topological polar surface area (TPSA) is 118 Å². The molecule has 2 rings (SSSR count). The lowest BCUT2D eigenvalue weighted by Crippen LogP contribution is -2.69. The number of hydrogen-bond donors (Lipinski definition) is 2. The largest absolute Gasteiger partial charge is 0.376 e. The predicted octanol–water partition coefficient (Wildman–Crippen LogP) is 0.831. The molecule has 7 heteroatoms. The molecule has 0 amide bonds. The van der Waals surface area contributed by atoms with Crippen molar-refractivity contribution in [3.63, 3.8) is 0 Å². The summed E-state index contributed by atoms with van der Waals surface area (Å²) in [5.74, 6) is 0.108. The second kappa shape index (κ2) is 6.39. The zero-order valence-electron chi connectivity index (χ0n) is 13.9. The van der Waals surface area contributed by atoms with Gasteiger partial charge >= 0.3 is 0 Å². The zero-order valence-corrected chi connectivity index (χ0v) is 13.9. The quantitative estimate of drug-likeness (QED) is 0.474.